The molecule has 4 nitrogen and oxygen atoms in total. The summed E-state index contributed by atoms with van der Waals surface area (Å²) in [4.78, 5) is 19.2. The van der Waals surface area contributed by atoms with Crippen LogP contribution in [-0.2, 0) is 19.5 Å². The minimum Gasteiger partial charge on any atom is -0.293 e. The molecule has 28 heavy (non-hydrogen) atoms. The quantitative estimate of drug-likeness (QED) is 0.469. The normalized spacial score (nSPS) is 14.2. The van der Waals surface area contributed by atoms with Crippen LogP contribution >= 0.6 is 22.7 Å². The van der Waals surface area contributed by atoms with Gasteiger partial charge in [-0.3, -0.25) is 4.90 Å². The summed E-state index contributed by atoms with van der Waals surface area (Å²) in [6.45, 7) is 4.91. The lowest BCUT2D eigenvalue weighted by Crippen LogP contribution is -2.30. The summed E-state index contributed by atoms with van der Waals surface area (Å²) in [6.07, 6.45) is 2.98. The van der Waals surface area contributed by atoms with E-state index in [4.69, 9.17) is 9.97 Å². The van der Waals surface area contributed by atoms with E-state index < -0.39 is 0 Å². The van der Waals surface area contributed by atoms with E-state index in [1.54, 1.807) is 22.7 Å². The van der Waals surface area contributed by atoms with E-state index in [2.05, 4.69) is 58.6 Å². The molecule has 140 valence electrons. The summed E-state index contributed by atoms with van der Waals surface area (Å²) >= 11 is 3.49. The SMILES string of the molecule is Cc1nc(-c2ccccc2)c(CN2CCc3nc(-c4cccs4)ncc3C2)s1. The Balaban J connectivity index is 1.37. The van der Waals surface area contributed by atoms with Gasteiger partial charge in [0.2, 0.25) is 0 Å². The Hall–Kier alpha value is -2.41. The Bertz CT molecular complexity index is 1090. The van der Waals surface area contributed by atoms with Crippen LogP contribution in [0.25, 0.3) is 22.0 Å². The second-order valence-corrected chi connectivity index (χ2v) is 9.21. The molecule has 0 radical (unpaired) electrons. The second kappa shape index (κ2) is 7.54. The van der Waals surface area contributed by atoms with Gasteiger partial charge in [-0.05, 0) is 18.4 Å². The van der Waals surface area contributed by atoms with Crippen molar-refractivity contribution in [3.8, 4) is 22.0 Å². The van der Waals surface area contributed by atoms with Crippen molar-refractivity contribution >= 4 is 22.7 Å². The molecule has 4 aromatic rings. The molecule has 0 saturated carbocycles. The smallest absolute Gasteiger partial charge is 0.169 e. The molecule has 0 amide bonds. The third-order valence-electron chi connectivity index (χ3n) is 4.97. The lowest BCUT2D eigenvalue weighted by atomic mass is 10.1. The van der Waals surface area contributed by atoms with Crippen molar-refractivity contribution in [1.29, 1.82) is 0 Å². The Morgan fingerprint density at radius 1 is 1.07 bits per heavy atom. The minimum absolute atomic E-state index is 0.853. The van der Waals surface area contributed by atoms with Gasteiger partial charge >= 0.3 is 0 Å². The Labute approximate surface area is 172 Å². The standard InChI is InChI=1S/C22H20N4S2/c1-15-24-21(16-6-3-2-4-7-16)20(28-15)14-26-10-9-18-17(13-26)12-23-22(25-18)19-8-5-11-27-19/h2-8,11-12H,9-10,13-14H2,1H3. The van der Waals surface area contributed by atoms with Gasteiger partial charge in [0.05, 0.1) is 21.3 Å². The molecular weight excluding hydrogens is 384 g/mol. The number of thiophene rings is 1. The van der Waals surface area contributed by atoms with Gasteiger partial charge in [-0.2, -0.15) is 0 Å². The molecule has 1 aliphatic rings. The van der Waals surface area contributed by atoms with E-state index in [1.165, 1.54) is 21.7 Å². The predicted molar refractivity (Wildman–Crippen MR) is 115 cm³/mol. The summed E-state index contributed by atoms with van der Waals surface area (Å²) in [7, 11) is 0. The van der Waals surface area contributed by atoms with E-state index >= 15 is 0 Å². The monoisotopic (exact) mass is 404 g/mol. The zero-order valence-corrected chi connectivity index (χ0v) is 17.3. The van der Waals surface area contributed by atoms with Gasteiger partial charge in [-0.1, -0.05) is 36.4 Å². The fourth-order valence-electron chi connectivity index (χ4n) is 3.64. The van der Waals surface area contributed by atoms with Crippen LogP contribution in [0.1, 0.15) is 21.1 Å². The number of aromatic nitrogens is 3. The largest absolute Gasteiger partial charge is 0.293 e. The summed E-state index contributed by atoms with van der Waals surface area (Å²) in [5.74, 6) is 0.853. The van der Waals surface area contributed by atoms with Crippen molar-refractivity contribution in [2.75, 3.05) is 6.54 Å². The Morgan fingerprint density at radius 2 is 1.96 bits per heavy atom. The summed E-state index contributed by atoms with van der Waals surface area (Å²) in [5.41, 5.74) is 4.76. The van der Waals surface area contributed by atoms with Crippen LogP contribution < -0.4 is 0 Å². The molecule has 0 spiro atoms. The maximum Gasteiger partial charge on any atom is 0.169 e. The molecule has 0 fully saturated rings. The highest BCUT2D eigenvalue weighted by molar-refractivity contribution is 7.13. The minimum atomic E-state index is 0.853. The van der Waals surface area contributed by atoms with Gasteiger partial charge in [0.25, 0.3) is 0 Å². The average Bonchev–Trinajstić information content (AvgIpc) is 3.38. The third kappa shape index (κ3) is 3.51. The van der Waals surface area contributed by atoms with Gasteiger partial charge in [-0.25, -0.2) is 15.0 Å². The molecule has 5 rings (SSSR count). The summed E-state index contributed by atoms with van der Waals surface area (Å²) in [5, 5.41) is 3.19. The van der Waals surface area contributed by atoms with Gasteiger partial charge < -0.3 is 0 Å². The van der Waals surface area contributed by atoms with Crippen molar-refractivity contribution in [2.45, 2.75) is 26.4 Å². The van der Waals surface area contributed by atoms with Crippen LogP contribution in [0.4, 0.5) is 0 Å². The number of nitrogens with zero attached hydrogens (tertiary/aromatic N) is 4. The zero-order valence-electron chi connectivity index (χ0n) is 15.6. The third-order valence-corrected chi connectivity index (χ3v) is 6.79. The van der Waals surface area contributed by atoms with Gasteiger partial charge in [-0.15, -0.1) is 22.7 Å². The van der Waals surface area contributed by atoms with E-state index in [0.29, 0.717) is 0 Å². The van der Waals surface area contributed by atoms with Gasteiger partial charge in [0, 0.05) is 48.3 Å². The maximum atomic E-state index is 4.83. The second-order valence-electron chi connectivity index (χ2n) is 6.97. The maximum absolute atomic E-state index is 4.83. The molecule has 0 saturated heterocycles. The van der Waals surface area contributed by atoms with Crippen molar-refractivity contribution < 1.29 is 0 Å². The van der Waals surface area contributed by atoms with Crippen molar-refractivity contribution in [1.82, 2.24) is 19.9 Å². The first-order valence-electron chi connectivity index (χ1n) is 9.39. The molecule has 1 aromatic carbocycles. The number of fused-ring (bicyclic) bond motifs is 1. The summed E-state index contributed by atoms with van der Waals surface area (Å²) < 4.78 is 0. The van der Waals surface area contributed by atoms with Crippen LogP contribution in [0.15, 0.2) is 54.0 Å². The molecule has 0 N–H and O–H groups in total. The number of benzene rings is 1. The molecule has 0 atom stereocenters. The Kier molecular flexibility index (Phi) is 4.76. The van der Waals surface area contributed by atoms with Crippen molar-refractivity contribution in [3.05, 3.63) is 75.2 Å². The van der Waals surface area contributed by atoms with E-state index in [9.17, 15) is 0 Å². The van der Waals surface area contributed by atoms with Crippen molar-refractivity contribution in [2.24, 2.45) is 0 Å². The molecule has 6 heteroatoms. The highest BCUT2D eigenvalue weighted by Crippen LogP contribution is 2.31. The number of aryl methyl sites for hydroxylation is 1. The number of thiazole rings is 1. The first kappa shape index (κ1) is 17.7. The molecule has 0 aliphatic carbocycles. The van der Waals surface area contributed by atoms with E-state index in [-0.39, 0.29) is 0 Å². The molecule has 1 aliphatic heterocycles. The number of hydrogen-bond acceptors (Lipinski definition) is 6. The molecular formula is C22H20N4S2. The van der Waals surface area contributed by atoms with Crippen LogP contribution in [0.2, 0.25) is 0 Å². The van der Waals surface area contributed by atoms with Crippen LogP contribution in [0.5, 0.6) is 0 Å². The average molecular weight is 405 g/mol. The van der Waals surface area contributed by atoms with Crippen LogP contribution in [0, 0.1) is 6.92 Å². The zero-order chi connectivity index (χ0) is 18.9. The first-order valence-corrected chi connectivity index (χ1v) is 11.1. The summed E-state index contributed by atoms with van der Waals surface area (Å²) in [6, 6.07) is 14.6. The van der Waals surface area contributed by atoms with Gasteiger partial charge in [0.1, 0.15) is 0 Å². The predicted octanol–water partition coefficient (Wildman–Crippen LogP) is 5.20. The Morgan fingerprint density at radius 3 is 2.79 bits per heavy atom. The van der Waals surface area contributed by atoms with E-state index in [0.717, 1.165) is 47.5 Å². The van der Waals surface area contributed by atoms with Gasteiger partial charge in [0.15, 0.2) is 5.82 Å². The number of rotatable bonds is 4. The fraction of sp³-hybridized carbons (Fsp3) is 0.227. The molecule has 0 bridgehead atoms. The number of hydrogen-bond donors (Lipinski definition) is 0. The highest BCUT2D eigenvalue weighted by atomic mass is 32.1. The topological polar surface area (TPSA) is 41.9 Å². The fourth-order valence-corrected chi connectivity index (χ4v) is 5.30. The van der Waals surface area contributed by atoms with Crippen LogP contribution in [-0.4, -0.2) is 26.4 Å². The van der Waals surface area contributed by atoms with Crippen molar-refractivity contribution in [3.63, 3.8) is 0 Å². The first-order chi connectivity index (χ1) is 13.8. The van der Waals surface area contributed by atoms with Crippen LogP contribution in [0.3, 0.4) is 0 Å². The lowest BCUT2D eigenvalue weighted by Gasteiger charge is -2.27. The molecule has 0 unspecified atom stereocenters. The van der Waals surface area contributed by atoms with E-state index in [1.807, 2.05) is 12.3 Å². The lowest BCUT2D eigenvalue weighted by molar-refractivity contribution is 0.245. The highest BCUT2D eigenvalue weighted by Gasteiger charge is 2.21. The molecule has 4 heterocycles. The molecule has 3 aromatic heterocycles.